The summed E-state index contributed by atoms with van der Waals surface area (Å²) >= 11 is 3.30. The van der Waals surface area contributed by atoms with Crippen LogP contribution < -0.4 is 5.32 Å². The summed E-state index contributed by atoms with van der Waals surface area (Å²) in [5.74, 6) is -0.521. The molecule has 1 amide bonds. The molecule has 1 aliphatic rings. The van der Waals surface area contributed by atoms with Gasteiger partial charge < -0.3 is 10.2 Å². The van der Waals surface area contributed by atoms with Crippen molar-refractivity contribution >= 4 is 21.8 Å². The number of rotatable bonds is 1. The minimum absolute atomic E-state index is 0.103. The topological polar surface area (TPSA) is 32.3 Å². The molecular formula is C13H16BrFN2O. The van der Waals surface area contributed by atoms with E-state index in [1.54, 1.807) is 11.0 Å². The highest BCUT2D eigenvalue weighted by Crippen LogP contribution is 2.21. The van der Waals surface area contributed by atoms with Crippen molar-refractivity contribution in [3.8, 4) is 0 Å². The molecule has 0 radical (unpaired) electrons. The molecule has 3 nitrogen and oxygen atoms in total. The lowest BCUT2D eigenvalue weighted by Gasteiger charge is -2.39. The molecule has 2 rings (SSSR count). The molecule has 1 aliphatic heterocycles. The Kier molecular flexibility index (Phi) is 3.73. The number of nitrogens with zero attached hydrogens (tertiary/aromatic N) is 1. The zero-order valence-electron chi connectivity index (χ0n) is 10.5. The molecule has 1 fully saturated rings. The standard InChI is InChI=1S/C13H16BrFN2O/c1-13(2)8-17(6-5-16-13)12(18)10-7-9(15)3-4-11(10)14/h3-4,7,16H,5-6,8H2,1-2H3. The Labute approximate surface area is 114 Å². The maximum Gasteiger partial charge on any atom is 0.255 e. The highest BCUT2D eigenvalue weighted by Gasteiger charge is 2.29. The highest BCUT2D eigenvalue weighted by molar-refractivity contribution is 9.10. The summed E-state index contributed by atoms with van der Waals surface area (Å²) < 4.78 is 13.9. The molecule has 98 valence electrons. The van der Waals surface area contributed by atoms with Gasteiger partial charge in [-0.15, -0.1) is 0 Å². The monoisotopic (exact) mass is 314 g/mol. The number of carbonyl (C=O) groups is 1. The quantitative estimate of drug-likeness (QED) is 0.863. The van der Waals surface area contributed by atoms with Crippen LogP contribution in [0.4, 0.5) is 4.39 Å². The minimum Gasteiger partial charge on any atom is -0.336 e. The van der Waals surface area contributed by atoms with Crippen molar-refractivity contribution in [1.29, 1.82) is 0 Å². The van der Waals surface area contributed by atoms with Crippen molar-refractivity contribution in [2.45, 2.75) is 19.4 Å². The highest BCUT2D eigenvalue weighted by atomic mass is 79.9. The number of benzene rings is 1. The van der Waals surface area contributed by atoms with Gasteiger partial charge >= 0.3 is 0 Å². The zero-order chi connectivity index (χ0) is 13.3. The second-order valence-corrected chi connectivity index (χ2v) is 6.02. The van der Waals surface area contributed by atoms with Crippen LogP contribution in [-0.4, -0.2) is 36.0 Å². The minimum atomic E-state index is -0.393. The summed E-state index contributed by atoms with van der Waals surface area (Å²) in [6.45, 7) is 6.12. The summed E-state index contributed by atoms with van der Waals surface area (Å²) in [6, 6.07) is 4.18. The third-order valence-corrected chi connectivity index (χ3v) is 3.71. The number of nitrogens with one attached hydrogen (secondary N) is 1. The van der Waals surface area contributed by atoms with Crippen LogP contribution in [0.25, 0.3) is 0 Å². The number of carbonyl (C=O) groups excluding carboxylic acids is 1. The fourth-order valence-corrected chi connectivity index (χ4v) is 2.56. The van der Waals surface area contributed by atoms with Crippen molar-refractivity contribution in [3.05, 3.63) is 34.1 Å². The smallest absolute Gasteiger partial charge is 0.255 e. The molecule has 5 heteroatoms. The second-order valence-electron chi connectivity index (χ2n) is 5.16. The first kappa shape index (κ1) is 13.5. The molecule has 0 atom stereocenters. The van der Waals surface area contributed by atoms with Gasteiger partial charge in [0.2, 0.25) is 0 Å². The Hall–Kier alpha value is -0.940. The van der Waals surface area contributed by atoms with Gasteiger partial charge in [-0.05, 0) is 48.0 Å². The van der Waals surface area contributed by atoms with Gasteiger partial charge in [-0.1, -0.05) is 0 Å². The van der Waals surface area contributed by atoms with Gasteiger partial charge in [0, 0.05) is 29.6 Å². The Morgan fingerprint density at radius 3 is 2.89 bits per heavy atom. The Bertz CT molecular complexity index is 476. The van der Waals surface area contributed by atoms with E-state index in [0.717, 1.165) is 6.54 Å². The van der Waals surface area contributed by atoms with Crippen LogP contribution in [0.5, 0.6) is 0 Å². The Balaban J connectivity index is 2.23. The Morgan fingerprint density at radius 2 is 2.22 bits per heavy atom. The van der Waals surface area contributed by atoms with Crippen LogP contribution in [0.1, 0.15) is 24.2 Å². The number of hydrogen-bond donors (Lipinski definition) is 1. The number of piperazine rings is 1. The maximum absolute atomic E-state index is 13.2. The molecule has 0 saturated carbocycles. The van der Waals surface area contributed by atoms with Crippen molar-refractivity contribution in [3.63, 3.8) is 0 Å². The first-order valence-electron chi connectivity index (χ1n) is 5.88. The molecule has 1 N–H and O–H groups in total. The first-order valence-corrected chi connectivity index (χ1v) is 6.68. The Morgan fingerprint density at radius 1 is 1.50 bits per heavy atom. The predicted molar refractivity (Wildman–Crippen MR) is 72.1 cm³/mol. The fourth-order valence-electron chi connectivity index (χ4n) is 2.15. The average molecular weight is 315 g/mol. The van der Waals surface area contributed by atoms with Gasteiger partial charge in [-0.25, -0.2) is 4.39 Å². The number of halogens is 2. The van der Waals surface area contributed by atoms with Gasteiger partial charge in [0.05, 0.1) is 5.56 Å². The molecule has 0 aliphatic carbocycles. The summed E-state index contributed by atoms with van der Waals surface area (Å²) in [7, 11) is 0. The van der Waals surface area contributed by atoms with E-state index < -0.39 is 5.82 Å². The third kappa shape index (κ3) is 2.90. The number of hydrogen-bond acceptors (Lipinski definition) is 2. The lowest BCUT2D eigenvalue weighted by atomic mass is 10.0. The molecule has 0 bridgehead atoms. The second kappa shape index (κ2) is 4.97. The van der Waals surface area contributed by atoms with E-state index in [4.69, 9.17) is 0 Å². The zero-order valence-corrected chi connectivity index (χ0v) is 12.1. The van der Waals surface area contributed by atoms with Crippen LogP contribution in [0.3, 0.4) is 0 Å². The lowest BCUT2D eigenvalue weighted by Crippen LogP contribution is -2.58. The van der Waals surface area contributed by atoms with E-state index in [0.29, 0.717) is 23.1 Å². The van der Waals surface area contributed by atoms with E-state index >= 15 is 0 Å². The van der Waals surface area contributed by atoms with Crippen molar-refractivity contribution in [2.75, 3.05) is 19.6 Å². The van der Waals surface area contributed by atoms with Crippen LogP contribution in [0, 0.1) is 5.82 Å². The molecule has 18 heavy (non-hydrogen) atoms. The average Bonchev–Trinajstić information content (AvgIpc) is 2.30. The van der Waals surface area contributed by atoms with Gasteiger partial charge in [-0.2, -0.15) is 0 Å². The first-order chi connectivity index (χ1) is 8.39. The molecule has 1 aromatic rings. The van der Waals surface area contributed by atoms with Crippen molar-refractivity contribution in [1.82, 2.24) is 10.2 Å². The molecule has 1 aromatic carbocycles. The van der Waals surface area contributed by atoms with Crippen molar-refractivity contribution in [2.24, 2.45) is 0 Å². The molecule has 1 heterocycles. The largest absolute Gasteiger partial charge is 0.336 e. The molecule has 0 unspecified atom stereocenters. The molecule has 0 spiro atoms. The summed E-state index contributed by atoms with van der Waals surface area (Å²) in [5.41, 5.74) is 0.279. The summed E-state index contributed by atoms with van der Waals surface area (Å²) in [6.07, 6.45) is 0. The summed E-state index contributed by atoms with van der Waals surface area (Å²) in [4.78, 5) is 14.1. The SMILES string of the molecule is CC1(C)CN(C(=O)c2cc(F)ccc2Br)CCN1. The van der Waals surface area contributed by atoms with Crippen LogP contribution in [0.2, 0.25) is 0 Å². The third-order valence-electron chi connectivity index (χ3n) is 3.02. The maximum atomic E-state index is 13.2. The number of amides is 1. The van der Waals surface area contributed by atoms with E-state index in [2.05, 4.69) is 21.2 Å². The van der Waals surface area contributed by atoms with E-state index in [1.807, 2.05) is 13.8 Å². The van der Waals surface area contributed by atoms with E-state index in [9.17, 15) is 9.18 Å². The van der Waals surface area contributed by atoms with Crippen LogP contribution in [-0.2, 0) is 0 Å². The van der Waals surface area contributed by atoms with Gasteiger partial charge in [-0.3, -0.25) is 4.79 Å². The van der Waals surface area contributed by atoms with Crippen LogP contribution >= 0.6 is 15.9 Å². The lowest BCUT2D eigenvalue weighted by molar-refractivity contribution is 0.0650. The molecule has 1 saturated heterocycles. The van der Waals surface area contributed by atoms with Crippen LogP contribution in [0.15, 0.2) is 22.7 Å². The fraction of sp³-hybridized carbons (Fsp3) is 0.462. The van der Waals surface area contributed by atoms with Gasteiger partial charge in [0.15, 0.2) is 0 Å². The van der Waals surface area contributed by atoms with Gasteiger partial charge in [0.1, 0.15) is 5.82 Å². The van der Waals surface area contributed by atoms with E-state index in [1.165, 1.54) is 12.1 Å². The molecular weight excluding hydrogens is 299 g/mol. The van der Waals surface area contributed by atoms with E-state index in [-0.39, 0.29) is 11.4 Å². The molecule has 0 aromatic heterocycles. The normalized spacial score (nSPS) is 18.8. The summed E-state index contributed by atoms with van der Waals surface area (Å²) in [5, 5.41) is 3.34. The predicted octanol–water partition coefficient (Wildman–Crippen LogP) is 2.41. The van der Waals surface area contributed by atoms with Crippen molar-refractivity contribution < 1.29 is 9.18 Å². The van der Waals surface area contributed by atoms with Gasteiger partial charge in [0.25, 0.3) is 5.91 Å².